The molecule has 1 saturated heterocycles. The summed E-state index contributed by atoms with van der Waals surface area (Å²) in [5.74, 6) is 0.134. The highest BCUT2D eigenvalue weighted by Gasteiger charge is 2.44. The molecule has 0 bridgehead atoms. The molecule has 0 aromatic carbocycles. The standard InChI is InChI=1S/C12H25NO2Si/c1-11(2,3)16(6,7)15-13-9-12(4,5)8-10(13)14/h8-9H2,1-7H3. The van der Waals surface area contributed by atoms with Gasteiger partial charge in [-0.05, 0) is 23.5 Å². The van der Waals surface area contributed by atoms with Crippen LogP contribution in [0.4, 0.5) is 0 Å². The maximum Gasteiger partial charge on any atom is 0.245 e. The van der Waals surface area contributed by atoms with E-state index in [-0.39, 0.29) is 16.4 Å². The number of nitrogens with zero attached hydrogens (tertiary/aromatic N) is 1. The van der Waals surface area contributed by atoms with E-state index in [2.05, 4.69) is 47.7 Å². The summed E-state index contributed by atoms with van der Waals surface area (Å²) in [6.45, 7) is 15.8. The van der Waals surface area contributed by atoms with Crippen molar-refractivity contribution in [3.8, 4) is 0 Å². The van der Waals surface area contributed by atoms with Crippen LogP contribution in [0.1, 0.15) is 41.0 Å². The zero-order valence-electron chi connectivity index (χ0n) is 11.7. The Bertz CT molecular complexity index is 292. The molecule has 94 valence electrons. The van der Waals surface area contributed by atoms with Gasteiger partial charge in [-0.3, -0.25) is 4.79 Å². The summed E-state index contributed by atoms with van der Waals surface area (Å²) < 4.78 is 6.03. The Labute approximate surface area is 100 Å². The second kappa shape index (κ2) is 3.84. The Balaban J connectivity index is 2.73. The van der Waals surface area contributed by atoms with E-state index in [4.69, 9.17) is 4.53 Å². The van der Waals surface area contributed by atoms with Gasteiger partial charge in [0.1, 0.15) is 0 Å². The van der Waals surface area contributed by atoms with Crippen molar-refractivity contribution in [2.45, 2.75) is 59.2 Å². The van der Waals surface area contributed by atoms with Crippen LogP contribution in [0, 0.1) is 5.41 Å². The van der Waals surface area contributed by atoms with Crippen molar-refractivity contribution >= 4 is 14.2 Å². The molecule has 1 amide bonds. The normalized spacial score (nSPS) is 21.7. The fourth-order valence-electron chi connectivity index (χ4n) is 1.53. The predicted octanol–water partition coefficient (Wildman–Crippen LogP) is 3.18. The first kappa shape index (κ1) is 13.7. The van der Waals surface area contributed by atoms with Crippen molar-refractivity contribution in [2.24, 2.45) is 5.41 Å². The van der Waals surface area contributed by atoms with Gasteiger partial charge >= 0.3 is 0 Å². The van der Waals surface area contributed by atoms with Gasteiger partial charge in [0, 0.05) is 6.42 Å². The van der Waals surface area contributed by atoms with Gasteiger partial charge in [0.05, 0.1) is 6.54 Å². The van der Waals surface area contributed by atoms with E-state index in [1.54, 1.807) is 5.06 Å². The molecule has 1 heterocycles. The lowest BCUT2D eigenvalue weighted by atomic mass is 9.93. The summed E-state index contributed by atoms with van der Waals surface area (Å²) in [7, 11) is -1.87. The molecule has 0 spiro atoms. The number of hydrogen-bond acceptors (Lipinski definition) is 2. The first-order chi connectivity index (χ1) is 6.95. The average Bonchev–Trinajstić information content (AvgIpc) is 2.20. The van der Waals surface area contributed by atoms with E-state index < -0.39 is 8.32 Å². The van der Waals surface area contributed by atoms with Gasteiger partial charge in [-0.2, -0.15) is 0 Å². The van der Waals surface area contributed by atoms with Crippen LogP contribution in [0.3, 0.4) is 0 Å². The van der Waals surface area contributed by atoms with Gasteiger partial charge in [-0.25, -0.2) is 5.06 Å². The molecule has 0 N–H and O–H groups in total. The highest BCUT2D eigenvalue weighted by molar-refractivity contribution is 6.74. The van der Waals surface area contributed by atoms with Crippen molar-refractivity contribution in [3.05, 3.63) is 0 Å². The monoisotopic (exact) mass is 243 g/mol. The Morgan fingerprint density at radius 1 is 1.31 bits per heavy atom. The number of hydrogen-bond donors (Lipinski definition) is 0. The summed E-state index contributed by atoms with van der Waals surface area (Å²) >= 11 is 0. The second-order valence-corrected chi connectivity index (χ2v) is 11.8. The van der Waals surface area contributed by atoms with Crippen molar-refractivity contribution < 1.29 is 9.32 Å². The minimum atomic E-state index is -1.87. The van der Waals surface area contributed by atoms with E-state index in [9.17, 15) is 4.79 Å². The van der Waals surface area contributed by atoms with Crippen LogP contribution in [0.2, 0.25) is 18.1 Å². The Morgan fingerprint density at radius 2 is 1.81 bits per heavy atom. The van der Waals surface area contributed by atoms with Crippen LogP contribution in [0.5, 0.6) is 0 Å². The van der Waals surface area contributed by atoms with Crippen molar-refractivity contribution in [3.63, 3.8) is 0 Å². The molecule has 1 aliphatic rings. The van der Waals surface area contributed by atoms with Crippen LogP contribution in [0.15, 0.2) is 0 Å². The predicted molar refractivity (Wildman–Crippen MR) is 68.4 cm³/mol. The summed E-state index contributed by atoms with van der Waals surface area (Å²) in [5, 5.41) is 1.75. The molecule has 0 radical (unpaired) electrons. The van der Waals surface area contributed by atoms with Crippen LogP contribution in [-0.2, 0) is 9.32 Å². The quantitative estimate of drug-likeness (QED) is 0.697. The van der Waals surface area contributed by atoms with Crippen LogP contribution >= 0.6 is 0 Å². The Morgan fingerprint density at radius 3 is 2.12 bits per heavy atom. The van der Waals surface area contributed by atoms with Gasteiger partial charge in [-0.15, -0.1) is 0 Å². The zero-order valence-corrected chi connectivity index (χ0v) is 12.7. The summed E-state index contributed by atoms with van der Waals surface area (Å²) in [5.41, 5.74) is 0.0550. The van der Waals surface area contributed by atoms with Crippen LogP contribution in [0.25, 0.3) is 0 Å². The lowest BCUT2D eigenvalue weighted by Gasteiger charge is -2.38. The minimum absolute atomic E-state index is 0.0550. The number of carbonyl (C=O) groups is 1. The number of amides is 1. The summed E-state index contributed by atoms with van der Waals surface area (Å²) in [4.78, 5) is 11.8. The van der Waals surface area contributed by atoms with Crippen LogP contribution in [-0.4, -0.2) is 25.8 Å². The van der Waals surface area contributed by atoms with Gasteiger partial charge in [0.2, 0.25) is 14.2 Å². The summed E-state index contributed by atoms with van der Waals surface area (Å²) in [6, 6.07) is 0. The van der Waals surface area contributed by atoms with E-state index in [0.717, 1.165) is 6.54 Å². The largest absolute Gasteiger partial charge is 0.317 e. The number of carbonyl (C=O) groups excluding carboxylic acids is 1. The SMILES string of the molecule is CC1(C)CC(=O)N(O[Si](C)(C)C(C)(C)C)C1. The Kier molecular flexibility index (Phi) is 3.29. The molecule has 0 unspecified atom stereocenters. The molecule has 0 atom stereocenters. The second-order valence-electron chi connectivity index (χ2n) is 7.12. The minimum Gasteiger partial charge on any atom is -0.317 e. The molecule has 0 aliphatic carbocycles. The first-order valence-electron chi connectivity index (χ1n) is 5.94. The third kappa shape index (κ3) is 2.86. The van der Waals surface area contributed by atoms with E-state index in [1.165, 1.54) is 0 Å². The van der Waals surface area contributed by atoms with Crippen molar-refractivity contribution in [1.82, 2.24) is 5.06 Å². The van der Waals surface area contributed by atoms with E-state index >= 15 is 0 Å². The lowest BCUT2D eigenvalue weighted by molar-refractivity contribution is -0.153. The smallest absolute Gasteiger partial charge is 0.245 e. The van der Waals surface area contributed by atoms with Crippen molar-refractivity contribution in [2.75, 3.05) is 6.54 Å². The lowest BCUT2D eigenvalue weighted by Crippen LogP contribution is -2.47. The Hall–Kier alpha value is -0.353. The topological polar surface area (TPSA) is 29.5 Å². The third-order valence-corrected chi connectivity index (χ3v) is 7.91. The third-order valence-electron chi connectivity index (χ3n) is 3.62. The van der Waals surface area contributed by atoms with Gasteiger partial charge in [0.15, 0.2) is 0 Å². The number of rotatable bonds is 2. The van der Waals surface area contributed by atoms with Crippen LogP contribution < -0.4 is 0 Å². The van der Waals surface area contributed by atoms with Gasteiger partial charge in [-0.1, -0.05) is 34.6 Å². The molecule has 4 heteroatoms. The molecule has 0 aromatic rings. The molecule has 1 rings (SSSR count). The maximum atomic E-state index is 11.8. The van der Waals surface area contributed by atoms with E-state index in [0.29, 0.717) is 6.42 Å². The molecule has 0 aromatic heterocycles. The summed E-state index contributed by atoms with van der Waals surface area (Å²) in [6.07, 6.45) is 0.599. The molecule has 1 fully saturated rings. The molecular formula is C12H25NO2Si. The molecule has 3 nitrogen and oxygen atoms in total. The molecule has 0 saturated carbocycles. The highest BCUT2D eigenvalue weighted by atomic mass is 28.4. The average molecular weight is 243 g/mol. The highest BCUT2D eigenvalue weighted by Crippen LogP contribution is 2.39. The van der Waals surface area contributed by atoms with Gasteiger partial charge in [0.25, 0.3) is 0 Å². The fraction of sp³-hybridized carbons (Fsp3) is 0.917. The fourth-order valence-corrected chi connectivity index (χ4v) is 2.52. The van der Waals surface area contributed by atoms with E-state index in [1.807, 2.05) is 0 Å². The molecular weight excluding hydrogens is 218 g/mol. The maximum absolute atomic E-state index is 11.8. The van der Waals surface area contributed by atoms with Gasteiger partial charge < -0.3 is 4.53 Å². The first-order valence-corrected chi connectivity index (χ1v) is 8.85. The zero-order chi connectivity index (χ0) is 12.8. The molecule has 16 heavy (non-hydrogen) atoms. The van der Waals surface area contributed by atoms with Crippen molar-refractivity contribution in [1.29, 1.82) is 0 Å². The number of hydroxylamine groups is 2. The molecule has 1 aliphatic heterocycles.